The van der Waals surface area contributed by atoms with Crippen LogP contribution < -0.4 is 10.1 Å². The van der Waals surface area contributed by atoms with Crippen LogP contribution >= 0.6 is 0 Å². The molecule has 1 aliphatic rings. The Hall–Kier alpha value is -1.31. The molecule has 0 aromatic heterocycles. The number of nitrogens with one attached hydrogen (secondary N) is 1. The summed E-state index contributed by atoms with van der Waals surface area (Å²) in [5.74, 6) is -1.28. The van der Waals surface area contributed by atoms with Gasteiger partial charge in [0.2, 0.25) is 0 Å². The zero-order valence-corrected chi connectivity index (χ0v) is 12.2. The number of alkyl halides is 2. The van der Waals surface area contributed by atoms with Gasteiger partial charge < -0.3 is 19.9 Å². The van der Waals surface area contributed by atoms with Crippen molar-refractivity contribution < 1.29 is 27.8 Å². The van der Waals surface area contributed by atoms with Crippen molar-refractivity contribution >= 4 is 0 Å². The summed E-state index contributed by atoms with van der Waals surface area (Å²) in [5, 5.41) is 12.7. The number of rotatable bonds is 7. The van der Waals surface area contributed by atoms with Crippen LogP contribution in [0, 0.1) is 11.2 Å². The van der Waals surface area contributed by atoms with Gasteiger partial charge in [-0.2, -0.15) is 8.78 Å². The molecule has 1 aliphatic heterocycles. The normalized spacial score (nSPS) is 17.7. The van der Waals surface area contributed by atoms with Gasteiger partial charge in [-0.3, -0.25) is 0 Å². The van der Waals surface area contributed by atoms with Crippen LogP contribution in [0.4, 0.5) is 13.2 Å². The summed E-state index contributed by atoms with van der Waals surface area (Å²) in [6, 6.07) is 3.89. The van der Waals surface area contributed by atoms with E-state index in [0.29, 0.717) is 31.9 Å². The molecule has 4 nitrogen and oxygen atoms in total. The molecule has 7 heteroatoms. The van der Waals surface area contributed by atoms with Crippen molar-refractivity contribution in [2.75, 3.05) is 26.4 Å². The van der Waals surface area contributed by atoms with Crippen LogP contribution in [-0.4, -0.2) is 38.1 Å². The fourth-order valence-electron chi connectivity index (χ4n) is 2.51. The summed E-state index contributed by atoms with van der Waals surface area (Å²) in [6.45, 7) is -0.763. The van der Waals surface area contributed by atoms with Crippen molar-refractivity contribution in [3.63, 3.8) is 0 Å². The van der Waals surface area contributed by atoms with Gasteiger partial charge in [-0.1, -0.05) is 6.07 Å². The Kier molecular flexibility index (Phi) is 6.05. The van der Waals surface area contributed by atoms with Gasteiger partial charge in [-0.25, -0.2) is 4.39 Å². The zero-order chi connectivity index (χ0) is 16.0. The van der Waals surface area contributed by atoms with Crippen molar-refractivity contribution in [3.05, 3.63) is 29.6 Å². The van der Waals surface area contributed by atoms with Gasteiger partial charge in [0.05, 0.1) is 6.61 Å². The Morgan fingerprint density at radius 1 is 1.32 bits per heavy atom. The molecule has 1 aromatic rings. The van der Waals surface area contributed by atoms with E-state index in [9.17, 15) is 18.3 Å². The fourth-order valence-corrected chi connectivity index (χ4v) is 2.51. The van der Waals surface area contributed by atoms with E-state index in [0.717, 1.165) is 12.8 Å². The first-order valence-electron chi connectivity index (χ1n) is 7.17. The minimum absolute atomic E-state index is 0.0683. The van der Waals surface area contributed by atoms with Crippen molar-refractivity contribution in [1.82, 2.24) is 5.32 Å². The van der Waals surface area contributed by atoms with Gasteiger partial charge in [0, 0.05) is 31.7 Å². The van der Waals surface area contributed by atoms with Crippen LogP contribution in [-0.2, 0) is 11.3 Å². The summed E-state index contributed by atoms with van der Waals surface area (Å²) < 4.78 is 47.0. The van der Waals surface area contributed by atoms with Gasteiger partial charge in [-0.15, -0.1) is 0 Å². The Bertz CT molecular complexity index is 479. The quantitative estimate of drug-likeness (QED) is 0.810. The molecule has 1 fully saturated rings. The van der Waals surface area contributed by atoms with E-state index in [1.807, 2.05) is 0 Å². The third-order valence-electron chi connectivity index (χ3n) is 3.93. The molecule has 0 saturated carbocycles. The van der Waals surface area contributed by atoms with Gasteiger partial charge in [0.15, 0.2) is 11.6 Å². The lowest BCUT2D eigenvalue weighted by Gasteiger charge is -2.35. The molecule has 2 N–H and O–H groups in total. The van der Waals surface area contributed by atoms with Crippen LogP contribution in [0.5, 0.6) is 5.75 Å². The molecule has 124 valence electrons. The van der Waals surface area contributed by atoms with Crippen molar-refractivity contribution in [2.45, 2.75) is 26.0 Å². The summed E-state index contributed by atoms with van der Waals surface area (Å²) in [4.78, 5) is 0. The Labute approximate surface area is 127 Å². The average molecular weight is 319 g/mol. The van der Waals surface area contributed by atoms with E-state index >= 15 is 0 Å². The molecular weight excluding hydrogens is 299 g/mol. The first-order valence-corrected chi connectivity index (χ1v) is 7.17. The van der Waals surface area contributed by atoms with Gasteiger partial charge in [0.1, 0.15) is 0 Å². The Morgan fingerprint density at radius 3 is 2.64 bits per heavy atom. The molecule has 2 rings (SSSR count). The molecule has 1 aromatic carbocycles. The fraction of sp³-hybridized carbons (Fsp3) is 0.600. The van der Waals surface area contributed by atoms with Crippen LogP contribution in [0.2, 0.25) is 0 Å². The first-order chi connectivity index (χ1) is 10.5. The summed E-state index contributed by atoms with van der Waals surface area (Å²) in [7, 11) is 0. The van der Waals surface area contributed by atoms with Crippen LogP contribution in [0.3, 0.4) is 0 Å². The van der Waals surface area contributed by atoms with E-state index in [2.05, 4.69) is 10.1 Å². The second-order valence-corrected chi connectivity index (χ2v) is 5.52. The molecule has 0 spiro atoms. The number of aliphatic hydroxyl groups excluding tert-OH is 1. The smallest absolute Gasteiger partial charge is 0.387 e. The highest BCUT2D eigenvalue weighted by Gasteiger charge is 2.31. The van der Waals surface area contributed by atoms with E-state index < -0.39 is 18.2 Å². The number of ether oxygens (including phenoxy) is 2. The summed E-state index contributed by atoms with van der Waals surface area (Å²) >= 11 is 0. The number of benzene rings is 1. The lowest BCUT2D eigenvalue weighted by Crippen LogP contribution is -2.41. The number of hydrogen-bond donors (Lipinski definition) is 2. The topological polar surface area (TPSA) is 50.7 Å². The maximum atomic E-state index is 13.6. The van der Waals surface area contributed by atoms with Gasteiger partial charge >= 0.3 is 6.61 Å². The molecule has 22 heavy (non-hydrogen) atoms. The number of hydrogen-bond acceptors (Lipinski definition) is 4. The van der Waals surface area contributed by atoms with Crippen molar-refractivity contribution in [3.8, 4) is 5.75 Å². The third-order valence-corrected chi connectivity index (χ3v) is 3.93. The molecule has 1 saturated heterocycles. The van der Waals surface area contributed by atoms with Crippen molar-refractivity contribution in [1.29, 1.82) is 0 Å². The van der Waals surface area contributed by atoms with Gasteiger partial charge in [0.25, 0.3) is 0 Å². The Morgan fingerprint density at radius 2 is 2.05 bits per heavy atom. The average Bonchev–Trinajstić information content (AvgIpc) is 2.50. The second kappa shape index (κ2) is 7.80. The third kappa shape index (κ3) is 4.59. The molecule has 0 radical (unpaired) electrons. The molecule has 0 aliphatic carbocycles. The van der Waals surface area contributed by atoms with Crippen LogP contribution in [0.1, 0.15) is 18.4 Å². The molecule has 1 heterocycles. The minimum Gasteiger partial charge on any atom is -0.432 e. The lowest BCUT2D eigenvalue weighted by atomic mass is 9.81. The van der Waals surface area contributed by atoms with Crippen LogP contribution in [0.25, 0.3) is 0 Å². The van der Waals surface area contributed by atoms with Gasteiger partial charge in [-0.05, 0) is 30.5 Å². The highest BCUT2D eigenvalue weighted by Crippen LogP contribution is 2.29. The summed E-state index contributed by atoms with van der Waals surface area (Å²) in [5.41, 5.74) is 0.412. The molecule has 0 unspecified atom stereocenters. The largest absolute Gasteiger partial charge is 0.432 e. The van der Waals surface area contributed by atoms with E-state index in [1.54, 1.807) is 0 Å². The Balaban J connectivity index is 1.87. The predicted octanol–water partition coefficient (Wildman–Crippen LogP) is 2.31. The molecule has 0 atom stereocenters. The number of halogens is 3. The first kappa shape index (κ1) is 17.1. The highest BCUT2D eigenvalue weighted by atomic mass is 19.3. The SMILES string of the molecule is OCC1(CNCc2ccc(OC(F)F)c(F)c2)CCOCC1. The maximum absolute atomic E-state index is 13.6. The van der Waals surface area contributed by atoms with Crippen LogP contribution in [0.15, 0.2) is 18.2 Å². The standard InChI is InChI=1S/C15H20F3NO3/c16-12-7-11(1-2-13(12)22-14(17)18)8-19-9-15(10-20)3-5-21-6-4-15/h1-2,7,14,19-20H,3-6,8-10H2. The molecule has 0 bridgehead atoms. The van der Waals surface area contributed by atoms with E-state index in [4.69, 9.17) is 4.74 Å². The maximum Gasteiger partial charge on any atom is 0.387 e. The number of aliphatic hydroxyl groups is 1. The minimum atomic E-state index is -3.04. The van der Waals surface area contributed by atoms with E-state index in [1.165, 1.54) is 18.2 Å². The predicted molar refractivity (Wildman–Crippen MR) is 74.3 cm³/mol. The van der Waals surface area contributed by atoms with Crippen molar-refractivity contribution in [2.24, 2.45) is 5.41 Å². The highest BCUT2D eigenvalue weighted by molar-refractivity contribution is 5.29. The monoisotopic (exact) mass is 319 g/mol. The lowest BCUT2D eigenvalue weighted by molar-refractivity contribution is -0.0522. The second-order valence-electron chi connectivity index (χ2n) is 5.52. The van der Waals surface area contributed by atoms with E-state index in [-0.39, 0.29) is 12.0 Å². The summed E-state index contributed by atoms with van der Waals surface area (Å²) in [6.07, 6.45) is 1.54. The molecular formula is C15H20F3NO3. The molecule has 0 amide bonds. The zero-order valence-electron chi connectivity index (χ0n) is 12.2.